The maximum absolute atomic E-state index is 11.1. The minimum absolute atomic E-state index is 0. The van der Waals surface area contributed by atoms with Gasteiger partial charge in [0.1, 0.15) is 6.10 Å². The summed E-state index contributed by atoms with van der Waals surface area (Å²) in [5.74, 6) is 1.23. The first kappa shape index (κ1) is 10.6. The molecule has 1 aliphatic heterocycles. The highest BCUT2D eigenvalue weighted by Crippen LogP contribution is 2.37. The van der Waals surface area contributed by atoms with Crippen molar-refractivity contribution in [2.45, 2.75) is 52.6 Å². The van der Waals surface area contributed by atoms with Crippen LogP contribution in [0.25, 0.3) is 0 Å². The van der Waals surface area contributed by atoms with Crippen molar-refractivity contribution < 1.29 is 9.53 Å². The highest BCUT2D eigenvalue weighted by molar-refractivity contribution is 5.70. The summed E-state index contributed by atoms with van der Waals surface area (Å²) < 4.78 is 5.32. The van der Waals surface area contributed by atoms with E-state index in [4.69, 9.17) is 4.74 Å². The van der Waals surface area contributed by atoms with Crippen molar-refractivity contribution in [2.75, 3.05) is 0 Å². The van der Waals surface area contributed by atoms with Crippen molar-refractivity contribution in [3.8, 4) is 0 Å². The van der Waals surface area contributed by atoms with Gasteiger partial charge in [-0.3, -0.25) is 4.79 Å². The van der Waals surface area contributed by atoms with Crippen LogP contribution in [0, 0.1) is 11.8 Å². The summed E-state index contributed by atoms with van der Waals surface area (Å²) in [7, 11) is 0. The molecule has 2 rings (SSSR count). The summed E-state index contributed by atoms with van der Waals surface area (Å²) >= 11 is 0. The normalized spacial score (nSPS) is 38.5. The first-order valence-electron chi connectivity index (χ1n) is 4.97. The fraction of sp³-hybridized carbons (Fsp3) is 0.909. The predicted molar refractivity (Wildman–Crippen MR) is 52.4 cm³/mol. The van der Waals surface area contributed by atoms with Crippen molar-refractivity contribution in [3.05, 3.63) is 0 Å². The van der Waals surface area contributed by atoms with E-state index in [1.165, 1.54) is 19.3 Å². The van der Waals surface area contributed by atoms with Crippen LogP contribution in [0.5, 0.6) is 0 Å². The molecular formula is C11H20O2. The van der Waals surface area contributed by atoms with Crippen LogP contribution >= 0.6 is 0 Å². The Hall–Kier alpha value is -0.530. The van der Waals surface area contributed by atoms with Gasteiger partial charge in [0.05, 0.1) is 0 Å². The number of ether oxygens (including phenoxy) is 1. The summed E-state index contributed by atoms with van der Waals surface area (Å²) in [6, 6.07) is 0. The number of hydrogen-bond donors (Lipinski definition) is 0. The van der Waals surface area contributed by atoms with E-state index in [-0.39, 0.29) is 19.5 Å². The van der Waals surface area contributed by atoms with Gasteiger partial charge in [0.25, 0.3) is 0 Å². The van der Waals surface area contributed by atoms with E-state index < -0.39 is 0 Å². The maximum Gasteiger partial charge on any atom is 0.306 e. The minimum atomic E-state index is 0. The molecule has 3 atom stereocenters. The summed E-state index contributed by atoms with van der Waals surface area (Å²) in [6.45, 7) is 2.18. The van der Waals surface area contributed by atoms with Crippen LogP contribution in [0.4, 0.5) is 0 Å². The number of hydrogen-bond acceptors (Lipinski definition) is 2. The average Bonchev–Trinajstić information content (AvgIpc) is 2.04. The van der Waals surface area contributed by atoms with E-state index >= 15 is 0 Å². The van der Waals surface area contributed by atoms with Crippen molar-refractivity contribution in [2.24, 2.45) is 11.8 Å². The lowest BCUT2D eigenvalue weighted by Gasteiger charge is -2.38. The second-order valence-corrected chi connectivity index (χ2v) is 4.16. The molecule has 2 fully saturated rings. The fourth-order valence-electron chi connectivity index (χ4n) is 2.55. The van der Waals surface area contributed by atoms with Gasteiger partial charge in [0, 0.05) is 6.42 Å². The lowest BCUT2D eigenvalue weighted by Crippen LogP contribution is -2.39. The van der Waals surface area contributed by atoms with Crippen LogP contribution in [0.3, 0.4) is 0 Å². The Kier molecular flexibility index (Phi) is 3.34. The second-order valence-electron chi connectivity index (χ2n) is 4.16. The number of fused-ring (bicyclic) bond motifs is 1. The van der Waals surface area contributed by atoms with E-state index in [0.29, 0.717) is 18.3 Å². The predicted octanol–water partition coefficient (Wildman–Crippen LogP) is 2.76. The van der Waals surface area contributed by atoms with Crippen molar-refractivity contribution in [1.29, 1.82) is 0 Å². The molecule has 3 unspecified atom stereocenters. The molecule has 0 spiro atoms. The molecule has 2 aliphatic rings. The van der Waals surface area contributed by atoms with Gasteiger partial charge in [0.15, 0.2) is 0 Å². The molecule has 2 heteroatoms. The lowest BCUT2D eigenvalue weighted by atomic mass is 9.76. The maximum atomic E-state index is 11.1. The largest absolute Gasteiger partial charge is 0.462 e. The zero-order valence-electron chi connectivity index (χ0n) is 7.58. The fourth-order valence-corrected chi connectivity index (χ4v) is 2.55. The molecule has 0 N–H and O–H groups in total. The monoisotopic (exact) mass is 184 g/mol. The van der Waals surface area contributed by atoms with Gasteiger partial charge in [0.2, 0.25) is 0 Å². The zero-order chi connectivity index (χ0) is 8.55. The minimum Gasteiger partial charge on any atom is -0.462 e. The average molecular weight is 184 g/mol. The van der Waals surface area contributed by atoms with Gasteiger partial charge < -0.3 is 4.74 Å². The van der Waals surface area contributed by atoms with Crippen LogP contribution in [0.2, 0.25) is 0 Å². The molecule has 13 heavy (non-hydrogen) atoms. The number of carbonyl (C=O) groups excluding carboxylic acids is 1. The van der Waals surface area contributed by atoms with Crippen molar-refractivity contribution >= 4 is 5.97 Å². The third-order valence-electron chi connectivity index (χ3n) is 3.26. The molecule has 0 aromatic rings. The molecule has 0 bridgehead atoms. The lowest BCUT2D eigenvalue weighted by molar-refractivity contribution is -0.165. The molecule has 0 amide bonds. The molecule has 1 saturated heterocycles. The Morgan fingerprint density at radius 3 is 2.77 bits per heavy atom. The van der Waals surface area contributed by atoms with E-state index in [2.05, 4.69) is 6.92 Å². The Bertz CT molecular complexity index is 189. The van der Waals surface area contributed by atoms with Crippen molar-refractivity contribution in [3.63, 3.8) is 0 Å². The number of esters is 1. The third kappa shape index (κ3) is 2.04. The number of rotatable bonds is 0. The molecular weight excluding hydrogens is 164 g/mol. The van der Waals surface area contributed by atoms with Gasteiger partial charge >= 0.3 is 5.97 Å². The van der Waals surface area contributed by atoms with Crippen LogP contribution in [0.15, 0.2) is 0 Å². The van der Waals surface area contributed by atoms with E-state index in [1.54, 1.807) is 0 Å². The second kappa shape index (κ2) is 4.12. The molecule has 1 heterocycles. The summed E-state index contributed by atoms with van der Waals surface area (Å²) in [4.78, 5) is 11.1. The smallest absolute Gasteiger partial charge is 0.306 e. The first-order chi connectivity index (χ1) is 5.77. The summed E-state index contributed by atoms with van der Waals surface area (Å²) in [6.07, 6.45) is 5.82. The van der Waals surface area contributed by atoms with Crippen LogP contribution in [-0.4, -0.2) is 12.1 Å². The summed E-state index contributed by atoms with van der Waals surface area (Å²) in [5.41, 5.74) is 0. The molecule has 1 aliphatic carbocycles. The van der Waals surface area contributed by atoms with Gasteiger partial charge in [-0.15, -0.1) is 0 Å². The molecule has 0 radical (unpaired) electrons. The van der Waals surface area contributed by atoms with Gasteiger partial charge in [-0.1, -0.05) is 20.8 Å². The van der Waals surface area contributed by atoms with Gasteiger partial charge in [-0.05, 0) is 31.1 Å². The Balaban J connectivity index is 0.000000845. The van der Waals surface area contributed by atoms with E-state index in [9.17, 15) is 4.79 Å². The molecule has 0 aromatic heterocycles. The molecule has 1 saturated carbocycles. The molecule has 0 aromatic carbocycles. The molecule has 76 valence electrons. The van der Waals surface area contributed by atoms with Crippen LogP contribution in [0.1, 0.15) is 46.5 Å². The van der Waals surface area contributed by atoms with E-state index in [1.807, 2.05) is 0 Å². The zero-order valence-corrected chi connectivity index (χ0v) is 7.58. The van der Waals surface area contributed by atoms with Gasteiger partial charge in [-0.2, -0.15) is 0 Å². The molecule has 2 nitrogen and oxygen atoms in total. The Morgan fingerprint density at radius 1 is 1.31 bits per heavy atom. The van der Waals surface area contributed by atoms with Gasteiger partial charge in [-0.25, -0.2) is 0 Å². The number of carbonyl (C=O) groups is 1. The van der Waals surface area contributed by atoms with Crippen LogP contribution in [-0.2, 0) is 9.53 Å². The topological polar surface area (TPSA) is 26.3 Å². The Morgan fingerprint density at radius 2 is 2.00 bits per heavy atom. The third-order valence-corrected chi connectivity index (χ3v) is 3.26. The highest BCUT2D eigenvalue weighted by Gasteiger charge is 2.37. The van der Waals surface area contributed by atoms with E-state index in [0.717, 1.165) is 6.42 Å². The SMILES string of the molecule is C.CC1CC(=O)OC2CCCCC12. The van der Waals surface area contributed by atoms with Crippen molar-refractivity contribution in [1.82, 2.24) is 0 Å². The first-order valence-corrected chi connectivity index (χ1v) is 4.97. The Labute approximate surface area is 80.7 Å². The van der Waals surface area contributed by atoms with Crippen LogP contribution < -0.4 is 0 Å². The standard InChI is InChI=1S/C10H16O2.CH4/c1-7-6-10(11)12-9-5-3-2-4-8(7)9;/h7-9H,2-6H2,1H3;1H4. The quantitative estimate of drug-likeness (QED) is 0.541. The highest BCUT2D eigenvalue weighted by atomic mass is 16.5. The summed E-state index contributed by atoms with van der Waals surface area (Å²) in [5, 5.41) is 0.